The zero-order valence-corrected chi connectivity index (χ0v) is 17.2. The molecule has 0 N–H and O–H groups in total. The van der Waals surface area contributed by atoms with Crippen molar-refractivity contribution in [1.29, 1.82) is 0 Å². The summed E-state index contributed by atoms with van der Waals surface area (Å²) in [5.41, 5.74) is 2.09. The van der Waals surface area contributed by atoms with E-state index in [4.69, 9.17) is 4.74 Å². The quantitative estimate of drug-likeness (QED) is 0.621. The molecule has 1 amide bonds. The minimum Gasteiger partial charge on any atom is -0.445 e. The standard InChI is InChI=1S/C22H28N2O2S/c1-22(2,3)27-20-13-12-18(15-23-20)19-11-7-8-14-24(19)21(25)26-16-17-9-5-4-6-10-17/h4-6,9-10,12-13,15,19H,7-8,11,14,16H2,1-3H3/t19-/m0/s1. The van der Waals surface area contributed by atoms with Gasteiger partial charge in [0, 0.05) is 17.5 Å². The topological polar surface area (TPSA) is 42.4 Å². The third kappa shape index (κ3) is 5.73. The van der Waals surface area contributed by atoms with Crippen LogP contribution < -0.4 is 0 Å². The molecule has 1 aromatic heterocycles. The molecule has 4 nitrogen and oxygen atoms in total. The fourth-order valence-corrected chi connectivity index (χ4v) is 4.13. The van der Waals surface area contributed by atoms with Gasteiger partial charge in [0.25, 0.3) is 0 Å². The van der Waals surface area contributed by atoms with Gasteiger partial charge in [0.15, 0.2) is 0 Å². The van der Waals surface area contributed by atoms with Crippen molar-refractivity contribution >= 4 is 17.9 Å². The summed E-state index contributed by atoms with van der Waals surface area (Å²) in [5.74, 6) is 0. The Morgan fingerprint density at radius 2 is 1.96 bits per heavy atom. The lowest BCUT2D eigenvalue weighted by Crippen LogP contribution is -2.38. The number of benzene rings is 1. The van der Waals surface area contributed by atoms with E-state index in [1.807, 2.05) is 41.4 Å². The van der Waals surface area contributed by atoms with Crippen LogP contribution in [0.15, 0.2) is 53.7 Å². The van der Waals surface area contributed by atoms with Gasteiger partial charge in [0.05, 0.1) is 11.1 Å². The predicted molar refractivity (Wildman–Crippen MR) is 110 cm³/mol. The number of likely N-dealkylation sites (tertiary alicyclic amines) is 1. The Kier molecular flexibility index (Phi) is 6.42. The number of thioether (sulfide) groups is 1. The van der Waals surface area contributed by atoms with Crippen LogP contribution in [-0.2, 0) is 11.3 Å². The van der Waals surface area contributed by atoms with Crippen molar-refractivity contribution in [1.82, 2.24) is 9.88 Å². The van der Waals surface area contributed by atoms with E-state index in [9.17, 15) is 4.79 Å². The number of pyridine rings is 1. The third-order valence-electron chi connectivity index (χ3n) is 4.50. The second kappa shape index (κ2) is 8.79. The summed E-state index contributed by atoms with van der Waals surface area (Å²) in [4.78, 5) is 19.2. The summed E-state index contributed by atoms with van der Waals surface area (Å²) in [7, 11) is 0. The number of aromatic nitrogens is 1. The zero-order valence-electron chi connectivity index (χ0n) is 16.4. The van der Waals surface area contributed by atoms with Crippen LogP contribution >= 0.6 is 11.8 Å². The summed E-state index contributed by atoms with van der Waals surface area (Å²) in [6.45, 7) is 7.58. The summed E-state index contributed by atoms with van der Waals surface area (Å²) in [5, 5.41) is 1.01. The molecular formula is C22H28N2O2S. The summed E-state index contributed by atoms with van der Waals surface area (Å²) in [6, 6.07) is 14.0. The number of rotatable bonds is 4. The molecule has 2 aromatic rings. The third-order valence-corrected chi connectivity index (χ3v) is 5.56. The van der Waals surface area contributed by atoms with Crippen molar-refractivity contribution in [2.24, 2.45) is 0 Å². The average Bonchev–Trinajstić information content (AvgIpc) is 2.66. The highest BCUT2D eigenvalue weighted by atomic mass is 32.2. The molecule has 1 atom stereocenters. The van der Waals surface area contributed by atoms with Gasteiger partial charge in [-0.2, -0.15) is 0 Å². The van der Waals surface area contributed by atoms with Crippen LogP contribution in [0, 0.1) is 0 Å². The highest BCUT2D eigenvalue weighted by molar-refractivity contribution is 8.00. The number of ether oxygens (including phenoxy) is 1. The monoisotopic (exact) mass is 384 g/mol. The number of amides is 1. The number of hydrogen-bond acceptors (Lipinski definition) is 4. The van der Waals surface area contributed by atoms with Gasteiger partial charge in [-0.25, -0.2) is 9.78 Å². The molecule has 0 unspecified atom stereocenters. The lowest BCUT2D eigenvalue weighted by atomic mass is 9.97. The number of carbonyl (C=O) groups excluding carboxylic acids is 1. The Hall–Kier alpha value is -2.01. The van der Waals surface area contributed by atoms with Crippen LogP contribution in [-0.4, -0.2) is 27.3 Å². The van der Waals surface area contributed by atoms with Gasteiger partial charge in [-0.3, -0.25) is 0 Å². The Morgan fingerprint density at radius 3 is 2.63 bits per heavy atom. The maximum atomic E-state index is 12.7. The van der Waals surface area contributed by atoms with Gasteiger partial charge in [-0.1, -0.05) is 57.2 Å². The largest absolute Gasteiger partial charge is 0.445 e. The van der Waals surface area contributed by atoms with E-state index in [1.165, 1.54) is 0 Å². The number of nitrogens with zero attached hydrogens (tertiary/aromatic N) is 2. The van der Waals surface area contributed by atoms with Crippen molar-refractivity contribution in [2.75, 3.05) is 6.54 Å². The minimum atomic E-state index is -0.239. The normalized spacial score (nSPS) is 17.6. The minimum absolute atomic E-state index is 0.0446. The van der Waals surface area contributed by atoms with Crippen LogP contribution in [0.5, 0.6) is 0 Å². The van der Waals surface area contributed by atoms with Gasteiger partial charge in [-0.15, -0.1) is 11.8 Å². The fourth-order valence-electron chi connectivity index (χ4n) is 3.26. The van der Waals surface area contributed by atoms with E-state index in [0.717, 1.165) is 42.0 Å². The summed E-state index contributed by atoms with van der Waals surface area (Å²) >= 11 is 1.75. The van der Waals surface area contributed by atoms with Gasteiger partial charge in [0.1, 0.15) is 6.61 Å². The molecule has 5 heteroatoms. The lowest BCUT2D eigenvalue weighted by Gasteiger charge is -2.35. The maximum Gasteiger partial charge on any atom is 0.410 e. The first kappa shape index (κ1) is 19.7. The number of piperidine rings is 1. The number of carbonyl (C=O) groups is 1. The van der Waals surface area contributed by atoms with Crippen LogP contribution in [0.3, 0.4) is 0 Å². The first-order valence-electron chi connectivity index (χ1n) is 9.55. The van der Waals surface area contributed by atoms with E-state index >= 15 is 0 Å². The van der Waals surface area contributed by atoms with Gasteiger partial charge in [-0.05, 0) is 36.5 Å². The first-order valence-corrected chi connectivity index (χ1v) is 10.4. The molecule has 0 saturated carbocycles. The van der Waals surface area contributed by atoms with Crippen molar-refractivity contribution in [3.63, 3.8) is 0 Å². The Bertz CT molecular complexity index is 741. The molecule has 1 fully saturated rings. The van der Waals surface area contributed by atoms with Crippen LogP contribution in [0.1, 0.15) is 57.2 Å². The highest BCUT2D eigenvalue weighted by Gasteiger charge is 2.29. The Balaban J connectivity index is 1.66. The molecule has 1 aliphatic heterocycles. The molecular weight excluding hydrogens is 356 g/mol. The van der Waals surface area contributed by atoms with Crippen LogP contribution in [0.25, 0.3) is 0 Å². The first-order chi connectivity index (χ1) is 12.9. The van der Waals surface area contributed by atoms with E-state index in [0.29, 0.717) is 6.61 Å². The van der Waals surface area contributed by atoms with E-state index in [-0.39, 0.29) is 16.9 Å². The molecule has 3 rings (SSSR count). The highest BCUT2D eigenvalue weighted by Crippen LogP contribution is 2.34. The molecule has 144 valence electrons. The van der Waals surface area contributed by atoms with Crippen molar-refractivity contribution < 1.29 is 9.53 Å². The molecule has 2 heterocycles. The summed E-state index contributed by atoms with van der Waals surface area (Å²) < 4.78 is 5.70. The average molecular weight is 385 g/mol. The van der Waals surface area contributed by atoms with Crippen LogP contribution in [0.4, 0.5) is 4.79 Å². The van der Waals surface area contributed by atoms with Gasteiger partial charge in [0.2, 0.25) is 0 Å². The predicted octanol–water partition coefficient (Wildman–Crippen LogP) is 5.84. The molecule has 27 heavy (non-hydrogen) atoms. The van der Waals surface area contributed by atoms with Gasteiger partial charge >= 0.3 is 6.09 Å². The second-order valence-corrected chi connectivity index (χ2v) is 9.74. The van der Waals surface area contributed by atoms with Crippen molar-refractivity contribution in [2.45, 2.75) is 62.5 Å². The van der Waals surface area contributed by atoms with E-state index < -0.39 is 0 Å². The van der Waals surface area contributed by atoms with Crippen LogP contribution in [0.2, 0.25) is 0 Å². The smallest absolute Gasteiger partial charge is 0.410 e. The van der Waals surface area contributed by atoms with Crippen molar-refractivity contribution in [3.8, 4) is 0 Å². The fraction of sp³-hybridized carbons (Fsp3) is 0.455. The molecule has 1 aliphatic rings. The number of hydrogen-bond donors (Lipinski definition) is 0. The second-order valence-electron chi connectivity index (χ2n) is 7.89. The Labute approximate surface area is 166 Å². The molecule has 0 spiro atoms. The Morgan fingerprint density at radius 1 is 1.19 bits per heavy atom. The molecule has 0 aliphatic carbocycles. The van der Waals surface area contributed by atoms with Crippen molar-refractivity contribution in [3.05, 3.63) is 59.8 Å². The zero-order chi connectivity index (χ0) is 19.3. The SMILES string of the molecule is CC(C)(C)Sc1ccc([C@@H]2CCCCN2C(=O)OCc2ccccc2)cn1. The molecule has 0 radical (unpaired) electrons. The molecule has 1 aromatic carbocycles. The lowest BCUT2D eigenvalue weighted by molar-refractivity contribution is 0.0678. The summed E-state index contributed by atoms with van der Waals surface area (Å²) in [6.07, 6.45) is 4.76. The van der Waals surface area contributed by atoms with E-state index in [1.54, 1.807) is 11.8 Å². The molecule has 0 bridgehead atoms. The van der Waals surface area contributed by atoms with Gasteiger partial charge < -0.3 is 9.64 Å². The van der Waals surface area contributed by atoms with E-state index in [2.05, 4.69) is 37.9 Å². The maximum absolute atomic E-state index is 12.7. The molecule has 1 saturated heterocycles.